The molecule has 4 heterocycles. The molecule has 11 nitrogen and oxygen atoms in total. The van der Waals surface area contributed by atoms with E-state index in [2.05, 4.69) is 47.0 Å². The molecule has 2 aliphatic heterocycles. The van der Waals surface area contributed by atoms with Gasteiger partial charge in [-0.15, -0.1) is 0 Å². The zero-order chi connectivity index (χ0) is 39.8. The maximum absolute atomic E-state index is 13.5. The molecule has 0 fully saturated rings. The standard InChI is InChI=1S/C47H36N4O7/c1-24-36-21-51-40(20-35-38(45(51)54)23-57-46(55)43(35)52)42(36)50-39-18-15-27-11-12-28(19-34(27)41(24)39)26-13-16-29(17-14-26)49-44(53)25(2)48-47(56)58-22-37-32-9-5-3-7-30(32)31-8-4-6-10-33(31)37/h3-20,25,37,43,52H,21-23H2,1-2H3,(H,48,56)(H,49,53). The van der Waals surface area contributed by atoms with Crippen LogP contribution in [0.5, 0.6) is 0 Å². The molecule has 2 amide bonds. The van der Waals surface area contributed by atoms with Gasteiger partial charge >= 0.3 is 12.1 Å². The van der Waals surface area contributed by atoms with E-state index in [1.54, 1.807) is 17.6 Å². The lowest BCUT2D eigenvalue weighted by Crippen LogP contribution is -2.42. The SMILES string of the molecule is Cc1c2c(nc3ccc4ccc(-c5ccc(NC(=O)C(C)NC(=O)OCC6c7ccccc7-c7ccccc76)cc5)cc4c13)-c1cc3c(c(=O)n1C2)COC(=O)C3O. The van der Waals surface area contributed by atoms with Crippen LogP contribution >= 0.6 is 0 Å². The minimum Gasteiger partial charge on any atom is -0.458 e. The molecule has 2 aromatic heterocycles. The number of hydrogen-bond donors (Lipinski definition) is 3. The van der Waals surface area contributed by atoms with Crippen LogP contribution in [-0.4, -0.2) is 45.3 Å². The van der Waals surface area contributed by atoms with Crippen LogP contribution in [0.15, 0.2) is 114 Å². The number of nitrogens with zero attached hydrogens (tertiary/aromatic N) is 2. The summed E-state index contributed by atoms with van der Waals surface area (Å²) >= 11 is 0. The van der Waals surface area contributed by atoms with Crippen molar-refractivity contribution >= 4 is 45.3 Å². The zero-order valence-corrected chi connectivity index (χ0v) is 31.5. The number of pyridine rings is 2. The van der Waals surface area contributed by atoms with E-state index in [1.807, 2.05) is 73.7 Å². The summed E-state index contributed by atoms with van der Waals surface area (Å²) < 4.78 is 12.3. The molecule has 0 spiro atoms. The maximum atomic E-state index is 13.5. The summed E-state index contributed by atoms with van der Waals surface area (Å²) in [5.74, 6) is -1.23. The van der Waals surface area contributed by atoms with Gasteiger partial charge in [0.25, 0.3) is 5.56 Å². The Hall–Kier alpha value is -7.11. The highest BCUT2D eigenvalue weighted by Crippen LogP contribution is 2.45. The van der Waals surface area contributed by atoms with Crippen LogP contribution in [0.25, 0.3) is 55.3 Å². The number of carbonyl (C=O) groups is 3. The van der Waals surface area contributed by atoms with Gasteiger partial charge in [0.05, 0.1) is 29.0 Å². The molecule has 0 saturated carbocycles. The number of aryl methyl sites for hydroxylation is 1. The number of rotatable bonds is 6. The number of aromatic nitrogens is 2. The molecule has 2 unspecified atom stereocenters. The third-order valence-electron chi connectivity index (χ3n) is 11.8. The van der Waals surface area contributed by atoms with Crippen LogP contribution in [0.3, 0.4) is 0 Å². The number of nitrogens with one attached hydrogen (secondary N) is 2. The van der Waals surface area contributed by atoms with Gasteiger partial charge < -0.3 is 29.8 Å². The molecule has 10 rings (SSSR count). The number of fused-ring (bicyclic) bond motifs is 10. The molecule has 2 atom stereocenters. The Labute approximate surface area is 331 Å². The summed E-state index contributed by atoms with van der Waals surface area (Å²) in [5.41, 5.74) is 11.1. The van der Waals surface area contributed by atoms with Gasteiger partial charge in [0.2, 0.25) is 5.91 Å². The summed E-state index contributed by atoms with van der Waals surface area (Å²) in [6.45, 7) is 3.95. The van der Waals surface area contributed by atoms with Gasteiger partial charge in [-0.2, -0.15) is 0 Å². The van der Waals surface area contributed by atoms with Crippen LogP contribution in [0.4, 0.5) is 10.5 Å². The van der Waals surface area contributed by atoms with Gasteiger partial charge in [0, 0.05) is 28.1 Å². The van der Waals surface area contributed by atoms with Crippen LogP contribution in [-0.2, 0) is 32.2 Å². The van der Waals surface area contributed by atoms with Gasteiger partial charge in [-0.3, -0.25) is 9.59 Å². The van der Waals surface area contributed by atoms with Crippen LogP contribution in [0.2, 0.25) is 0 Å². The zero-order valence-electron chi connectivity index (χ0n) is 31.5. The Morgan fingerprint density at radius 1 is 0.879 bits per heavy atom. The molecule has 0 radical (unpaired) electrons. The monoisotopic (exact) mass is 768 g/mol. The highest BCUT2D eigenvalue weighted by atomic mass is 16.6. The number of benzene rings is 5. The Morgan fingerprint density at radius 3 is 2.31 bits per heavy atom. The minimum absolute atomic E-state index is 0.0819. The van der Waals surface area contributed by atoms with E-state index in [-0.39, 0.29) is 41.7 Å². The normalized spacial score (nSPS) is 15.5. The molecule has 3 N–H and O–H groups in total. The first-order valence-electron chi connectivity index (χ1n) is 19.1. The van der Waals surface area contributed by atoms with Crippen molar-refractivity contribution in [1.82, 2.24) is 14.9 Å². The quantitative estimate of drug-likeness (QED) is 0.116. The van der Waals surface area contributed by atoms with Gasteiger partial charge in [0.15, 0.2) is 6.10 Å². The number of esters is 1. The summed E-state index contributed by atoms with van der Waals surface area (Å²) in [6.07, 6.45) is -2.17. The Kier molecular flexibility index (Phi) is 8.24. The fourth-order valence-electron chi connectivity index (χ4n) is 8.73. The first-order chi connectivity index (χ1) is 28.1. The second-order valence-electron chi connectivity index (χ2n) is 15.1. The van der Waals surface area contributed by atoms with Crippen molar-refractivity contribution in [1.29, 1.82) is 0 Å². The second kappa shape index (κ2) is 13.5. The molecular formula is C47H36N4O7. The van der Waals surface area contributed by atoms with Crippen molar-refractivity contribution in [3.8, 4) is 33.6 Å². The summed E-state index contributed by atoms with van der Waals surface area (Å²) in [6, 6.07) is 34.8. The second-order valence-corrected chi connectivity index (χ2v) is 15.1. The lowest BCUT2D eigenvalue weighted by molar-refractivity contribution is -0.157. The molecule has 286 valence electrons. The van der Waals surface area contributed by atoms with Crippen molar-refractivity contribution < 1.29 is 29.0 Å². The number of ether oxygens (including phenoxy) is 2. The van der Waals surface area contributed by atoms with Crippen LogP contribution in [0.1, 0.15) is 52.3 Å². The number of hydrogen-bond acceptors (Lipinski definition) is 8. The van der Waals surface area contributed by atoms with Crippen molar-refractivity contribution in [2.75, 3.05) is 11.9 Å². The number of aliphatic hydroxyl groups is 1. The van der Waals surface area contributed by atoms with Crippen LogP contribution < -0.4 is 16.2 Å². The molecule has 0 bridgehead atoms. The minimum atomic E-state index is -1.51. The number of amides is 2. The third-order valence-corrected chi connectivity index (χ3v) is 11.8. The molecule has 58 heavy (non-hydrogen) atoms. The molecule has 7 aromatic rings. The number of alkyl carbamates (subject to hydrolysis) is 1. The fourth-order valence-corrected chi connectivity index (χ4v) is 8.73. The number of aliphatic hydroxyl groups excluding tert-OH is 1. The Bertz CT molecular complexity index is 2930. The number of anilines is 1. The van der Waals surface area contributed by atoms with Crippen molar-refractivity contribution in [2.24, 2.45) is 0 Å². The molecule has 5 aromatic carbocycles. The van der Waals surface area contributed by atoms with Gasteiger partial charge in [-0.1, -0.05) is 78.9 Å². The van der Waals surface area contributed by atoms with Crippen molar-refractivity contribution in [2.45, 2.75) is 45.1 Å². The first kappa shape index (κ1) is 35.3. The summed E-state index contributed by atoms with van der Waals surface area (Å²) in [5, 5.41) is 19.1. The molecule has 11 heteroatoms. The lowest BCUT2D eigenvalue weighted by atomic mass is 9.94. The third kappa shape index (κ3) is 5.65. The van der Waals surface area contributed by atoms with Crippen molar-refractivity contribution in [3.63, 3.8) is 0 Å². The molecular weight excluding hydrogens is 733 g/mol. The van der Waals surface area contributed by atoms with Gasteiger partial charge in [-0.25, -0.2) is 14.6 Å². The smallest absolute Gasteiger partial charge is 0.407 e. The highest BCUT2D eigenvalue weighted by molar-refractivity contribution is 6.10. The fraction of sp³-hybridized carbons (Fsp3) is 0.170. The molecule has 0 saturated heterocycles. The molecule has 1 aliphatic carbocycles. The highest BCUT2D eigenvalue weighted by Gasteiger charge is 2.35. The van der Waals surface area contributed by atoms with Gasteiger partial charge in [-0.05, 0) is 93.9 Å². The predicted octanol–water partition coefficient (Wildman–Crippen LogP) is 7.51. The summed E-state index contributed by atoms with van der Waals surface area (Å²) in [7, 11) is 0. The van der Waals surface area contributed by atoms with Crippen molar-refractivity contribution in [3.05, 3.63) is 153 Å². The largest absolute Gasteiger partial charge is 0.458 e. The average molecular weight is 769 g/mol. The van der Waals surface area contributed by atoms with E-state index in [0.717, 1.165) is 66.2 Å². The Morgan fingerprint density at radius 2 is 1.57 bits per heavy atom. The topological polar surface area (TPSA) is 149 Å². The van der Waals surface area contributed by atoms with Crippen LogP contribution in [0, 0.1) is 6.92 Å². The van der Waals surface area contributed by atoms with E-state index in [0.29, 0.717) is 23.6 Å². The average Bonchev–Trinajstić information content (AvgIpc) is 3.77. The molecule has 3 aliphatic rings. The van der Waals surface area contributed by atoms with Gasteiger partial charge in [0.1, 0.15) is 19.3 Å². The maximum Gasteiger partial charge on any atom is 0.407 e. The van der Waals surface area contributed by atoms with E-state index in [9.17, 15) is 24.3 Å². The van der Waals surface area contributed by atoms with E-state index >= 15 is 0 Å². The van der Waals surface area contributed by atoms with E-state index in [1.165, 1.54) is 0 Å². The van der Waals surface area contributed by atoms with E-state index in [4.69, 9.17) is 14.5 Å². The lowest BCUT2D eigenvalue weighted by Gasteiger charge is -2.21. The predicted molar refractivity (Wildman–Crippen MR) is 219 cm³/mol. The number of carbonyl (C=O) groups excluding carboxylic acids is 3. The summed E-state index contributed by atoms with van der Waals surface area (Å²) in [4.78, 5) is 56.6. The first-order valence-corrected chi connectivity index (χ1v) is 19.1. The van der Waals surface area contributed by atoms with E-state index < -0.39 is 24.2 Å². The Balaban J connectivity index is 0.845. The number of cyclic esters (lactones) is 1.